The molecule has 1 aliphatic heterocycles. The normalized spacial score (nSPS) is 18.1. The van der Waals surface area contributed by atoms with Crippen molar-refractivity contribution in [3.8, 4) is 0 Å². The molecule has 0 atom stereocenters. The molecule has 1 fully saturated rings. The molecule has 3 nitrogen and oxygen atoms in total. The molecule has 0 saturated carbocycles. The van der Waals surface area contributed by atoms with Crippen LogP contribution in [0.5, 0.6) is 0 Å². The molecular weight excluding hydrogens is 277 g/mol. The van der Waals surface area contributed by atoms with Crippen LogP contribution in [0, 0.1) is 0 Å². The van der Waals surface area contributed by atoms with Crippen LogP contribution in [0.4, 0.5) is 5.13 Å². The van der Waals surface area contributed by atoms with Gasteiger partial charge in [0, 0.05) is 32.2 Å². The van der Waals surface area contributed by atoms with Crippen molar-refractivity contribution in [2.45, 2.75) is 25.8 Å². The fourth-order valence-corrected chi connectivity index (χ4v) is 3.49. The van der Waals surface area contributed by atoms with Gasteiger partial charge in [0.1, 0.15) is 5.15 Å². The maximum Gasteiger partial charge on any atom is 0.187 e. The monoisotopic (exact) mass is 293 g/mol. The van der Waals surface area contributed by atoms with Crippen molar-refractivity contribution in [3.63, 3.8) is 0 Å². The average molecular weight is 294 g/mol. The van der Waals surface area contributed by atoms with E-state index in [0.29, 0.717) is 17.1 Å². The van der Waals surface area contributed by atoms with Crippen LogP contribution < -0.4 is 4.90 Å². The molecule has 2 heterocycles. The maximum atomic E-state index is 6.02. The van der Waals surface area contributed by atoms with Gasteiger partial charge in [0.2, 0.25) is 0 Å². The van der Waals surface area contributed by atoms with Crippen molar-refractivity contribution >= 4 is 39.7 Å². The summed E-state index contributed by atoms with van der Waals surface area (Å²) in [5.74, 6) is 0.447. The van der Waals surface area contributed by atoms with Crippen LogP contribution in [0.1, 0.15) is 18.7 Å². The lowest BCUT2D eigenvalue weighted by atomic mass is 10.2. The summed E-state index contributed by atoms with van der Waals surface area (Å²) in [6.07, 6.45) is 0. The van der Waals surface area contributed by atoms with E-state index in [9.17, 15) is 0 Å². The van der Waals surface area contributed by atoms with Gasteiger partial charge in [-0.3, -0.25) is 4.90 Å². The number of halogens is 2. The summed E-state index contributed by atoms with van der Waals surface area (Å²) in [6, 6.07) is 0.621. The van der Waals surface area contributed by atoms with Crippen LogP contribution in [-0.2, 0) is 5.88 Å². The fourth-order valence-electron chi connectivity index (χ4n) is 1.97. The summed E-state index contributed by atoms with van der Waals surface area (Å²) >= 11 is 13.4. The van der Waals surface area contributed by atoms with Gasteiger partial charge in [0.15, 0.2) is 5.13 Å². The summed E-state index contributed by atoms with van der Waals surface area (Å²) in [5.41, 5.74) is 0. The number of nitrogens with zero attached hydrogens (tertiary/aromatic N) is 3. The lowest BCUT2D eigenvalue weighted by Crippen LogP contribution is -2.48. The van der Waals surface area contributed by atoms with E-state index < -0.39 is 0 Å². The molecule has 0 N–H and O–H groups in total. The van der Waals surface area contributed by atoms with E-state index in [1.165, 1.54) is 0 Å². The van der Waals surface area contributed by atoms with Crippen molar-refractivity contribution in [3.05, 3.63) is 10.0 Å². The number of alkyl halides is 1. The third-order valence-electron chi connectivity index (χ3n) is 3.07. The van der Waals surface area contributed by atoms with E-state index in [-0.39, 0.29) is 0 Å². The minimum Gasteiger partial charge on any atom is -0.345 e. The topological polar surface area (TPSA) is 19.4 Å². The molecular formula is C11H17Cl2N3S. The third kappa shape index (κ3) is 3.05. The van der Waals surface area contributed by atoms with Crippen molar-refractivity contribution in [1.82, 2.24) is 9.88 Å². The van der Waals surface area contributed by atoms with Gasteiger partial charge < -0.3 is 4.90 Å². The highest BCUT2D eigenvalue weighted by Gasteiger charge is 2.21. The molecule has 1 saturated heterocycles. The quantitative estimate of drug-likeness (QED) is 0.799. The van der Waals surface area contributed by atoms with Gasteiger partial charge in [-0.2, -0.15) is 0 Å². The van der Waals surface area contributed by atoms with E-state index in [2.05, 4.69) is 28.6 Å². The minimum absolute atomic E-state index is 0.447. The zero-order valence-electron chi connectivity index (χ0n) is 10.1. The zero-order chi connectivity index (χ0) is 12.4. The van der Waals surface area contributed by atoms with Gasteiger partial charge in [-0.05, 0) is 13.8 Å². The minimum atomic E-state index is 0.447. The van der Waals surface area contributed by atoms with E-state index in [0.717, 1.165) is 36.2 Å². The first-order chi connectivity index (χ1) is 8.11. The predicted molar refractivity (Wildman–Crippen MR) is 75.6 cm³/mol. The van der Waals surface area contributed by atoms with E-state index in [4.69, 9.17) is 23.2 Å². The lowest BCUT2D eigenvalue weighted by molar-refractivity contribution is 0.209. The Morgan fingerprint density at radius 2 is 1.94 bits per heavy atom. The Kier molecular flexibility index (Phi) is 4.53. The Hall–Kier alpha value is -0.0300. The largest absolute Gasteiger partial charge is 0.345 e. The van der Waals surface area contributed by atoms with Crippen molar-refractivity contribution < 1.29 is 0 Å². The van der Waals surface area contributed by atoms with Crippen LogP contribution in [0.2, 0.25) is 5.15 Å². The molecule has 0 aliphatic carbocycles. The lowest BCUT2D eigenvalue weighted by Gasteiger charge is -2.36. The van der Waals surface area contributed by atoms with E-state index >= 15 is 0 Å². The first kappa shape index (κ1) is 13.4. The second kappa shape index (κ2) is 5.74. The van der Waals surface area contributed by atoms with E-state index in [1.807, 2.05) is 0 Å². The van der Waals surface area contributed by atoms with Gasteiger partial charge in [-0.25, -0.2) is 4.98 Å². The van der Waals surface area contributed by atoms with Crippen molar-refractivity contribution in [1.29, 1.82) is 0 Å². The summed E-state index contributed by atoms with van der Waals surface area (Å²) in [7, 11) is 0. The van der Waals surface area contributed by atoms with Gasteiger partial charge in [0.05, 0.1) is 10.8 Å². The molecule has 1 aliphatic rings. The Bertz CT molecular complexity index is 373. The van der Waals surface area contributed by atoms with Gasteiger partial charge >= 0.3 is 0 Å². The second-order valence-corrected chi connectivity index (χ2v) is 6.15. The summed E-state index contributed by atoms with van der Waals surface area (Å²) in [4.78, 5) is 10.1. The molecule has 0 amide bonds. The Morgan fingerprint density at radius 1 is 1.29 bits per heavy atom. The van der Waals surface area contributed by atoms with Crippen LogP contribution >= 0.6 is 34.5 Å². The molecule has 1 aromatic rings. The van der Waals surface area contributed by atoms with E-state index in [1.54, 1.807) is 11.3 Å². The molecule has 6 heteroatoms. The summed E-state index contributed by atoms with van der Waals surface area (Å²) < 4.78 is 0. The number of anilines is 1. The molecule has 0 radical (unpaired) electrons. The smallest absolute Gasteiger partial charge is 0.187 e. The van der Waals surface area contributed by atoms with Crippen molar-refractivity contribution in [2.75, 3.05) is 31.1 Å². The van der Waals surface area contributed by atoms with Crippen LogP contribution in [0.25, 0.3) is 0 Å². The van der Waals surface area contributed by atoms with Crippen LogP contribution in [0.3, 0.4) is 0 Å². The number of thiazole rings is 1. The Balaban J connectivity index is 2.00. The SMILES string of the molecule is CC(C)N1CCN(c2nc(Cl)c(CCl)s2)CC1. The first-order valence-electron chi connectivity index (χ1n) is 5.82. The second-order valence-electron chi connectivity index (χ2n) is 4.46. The molecule has 0 aromatic carbocycles. The number of hydrogen-bond acceptors (Lipinski definition) is 4. The van der Waals surface area contributed by atoms with Gasteiger partial charge in [0.25, 0.3) is 0 Å². The maximum absolute atomic E-state index is 6.02. The number of hydrogen-bond donors (Lipinski definition) is 0. The first-order valence-corrected chi connectivity index (χ1v) is 7.55. The predicted octanol–water partition coefficient (Wildman–Crippen LogP) is 3.07. The molecule has 1 aromatic heterocycles. The molecule has 2 rings (SSSR count). The Labute approximate surface area is 116 Å². The highest BCUT2D eigenvalue weighted by molar-refractivity contribution is 7.16. The average Bonchev–Trinajstić information content (AvgIpc) is 2.70. The number of rotatable bonds is 3. The highest BCUT2D eigenvalue weighted by Crippen LogP contribution is 2.31. The van der Waals surface area contributed by atoms with Gasteiger partial charge in [-0.1, -0.05) is 22.9 Å². The van der Waals surface area contributed by atoms with Crippen LogP contribution in [0.15, 0.2) is 0 Å². The number of aromatic nitrogens is 1. The third-order valence-corrected chi connectivity index (χ3v) is 5.04. The fraction of sp³-hybridized carbons (Fsp3) is 0.727. The highest BCUT2D eigenvalue weighted by atomic mass is 35.5. The summed E-state index contributed by atoms with van der Waals surface area (Å²) in [5, 5.41) is 1.57. The molecule has 96 valence electrons. The van der Waals surface area contributed by atoms with Crippen LogP contribution in [-0.4, -0.2) is 42.1 Å². The molecule has 0 spiro atoms. The van der Waals surface area contributed by atoms with Crippen molar-refractivity contribution in [2.24, 2.45) is 0 Å². The van der Waals surface area contributed by atoms with Gasteiger partial charge in [-0.15, -0.1) is 11.6 Å². The summed E-state index contributed by atoms with van der Waals surface area (Å²) in [6.45, 7) is 8.69. The Morgan fingerprint density at radius 3 is 2.41 bits per heavy atom. The number of piperazine rings is 1. The molecule has 0 bridgehead atoms. The standard InChI is InChI=1S/C11H17Cl2N3S/c1-8(2)15-3-5-16(6-4-15)11-14-10(13)9(7-12)17-11/h8H,3-7H2,1-2H3. The zero-order valence-corrected chi connectivity index (χ0v) is 12.4. The molecule has 17 heavy (non-hydrogen) atoms. The molecule has 0 unspecified atom stereocenters.